The third-order valence-electron chi connectivity index (χ3n) is 4.27. The molecule has 2 N–H and O–H groups in total. The zero-order chi connectivity index (χ0) is 18.6. The number of benzene rings is 3. The van der Waals surface area contributed by atoms with Gasteiger partial charge in [-0.05, 0) is 48.4 Å². The highest BCUT2D eigenvalue weighted by molar-refractivity contribution is 7.98. The van der Waals surface area contributed by atoms with Gasteiger partial charge in [-0.3, -0.25) is 4.79 Å². The van der Waals surface area contributed by atoms with Crippen LogP contribution in [0.3, 0.4) is 0 Å². The van der Waals surface area contributed by atoms with Gasteiger partial charge in [0.15, 0.2) is 5.16 Å². The molecule has 0 radical (unpaired) electrons. The molecular weight excluding hydrogens is 354 g/mol. The zero-order valence-corrected chi connectivity index (χ0v) is 15.7. The number of H-pyrrole nitrogens is 1. The van der Waals surface area contributed by atoms with Crippen molar-refractivity contribution < 1.29 is 4.79 Å². The van der Waals surface area contributed by atoms with Gasteiger partial charge in [0.2, 0.25) is 0 Å². The lowest BCUT2D eigenvalue weighted by Crippen LogP contribution is -2.14. The van der Waals surface area contributed by atoms with E-state index in [0.717, 1.165) is 33.0 Å². The second-order valence-corrected chi connectivity index (χ2v) is 7.29. The van der Waals surface area contributed by atoms with E-state index < -0.39 is 0 Å². The van der Waals surface area contributed by atoms with E-state index in [1.54, 1.807) is 11.8 Å². The van der Waals surface area contributed by atoms with Crippen LogP contribution < -0.4 is 5.32 Å². The molecular formula is C22H19N3OS. The number of para-hydroxylation sites is 2. The molecule has 4 rings (SSSR count). The van der Waals surface area contributed by atoms with Crippen LogP contribution in [0.2, 0.25) is 0 Å². The van der Waals surface area contributed by atoms with Crippen molar-refractivity contribution in [2.75, 3.05) is 5.32 Å². The number of nitrogens with zero attached hydrogens (tertiary/aromatic N) is 1. The summed E-state index contributed by atoms with van der Waals surface area (Å²) in [6, 6.07) is 23.5. The lowest BCUT2D eigenvalue weighted by molar-refractivity contribution is 0.102. The van der Waals surface area contributed by atoms with E-state index in [1.165, 1.54) is 0 Å². The molecule has 0 unspecified atom stereocenters. The van der Waals surface area contributed by atoms with Crippen molar-refractivity contribution >= 4 is 34.4 Å². The number of hydrogen-bond donors (Lipinski definition) is 2. The van der Waals surface area contributed by atoms with Crippen LogP contribution in [0.15, 0.2) is 78.0 Å². The smallest absolute Gasteiger partial charge is 0.255 e. The molecule has 0 saturated carbocycles. The van der Waals surface area contributed by atoms with Gasteiger partial charge in [-0.2, -0.15) is 0 Å². The Bertz CT molecular complexity index is 1070. The van der Waals surface area contributed by atoms with Gasteiger partial charge >= 0.3 is 0 Å². The molecule has 0 atom stereocenters. The van der Waals surface area contributed by atoms with Gasteiger partial charge in [0.1, 0.15) is 0 Å². The standard InChI is InChI=1S/C22H19N3OS/c1-15-7-6-9-17(13-15)23-21(26)18-10-3-2-8-16(18)14-27-22-24-19-11-4-5-12-20(19)25-22/h2-13H,14H2,1H3,(H,23,26)(H,24,25). The first-order chi connectivity index (χ1) is 13.2. The number of aryl methyl sites for hydroxylation is 1. The molecule has 1 heterocycles. The minimum absolute atomic E-state index is 0.0959. The summed E-state index contributed by atoms with van der Waals surface area (Å²) >= 11 is 1.59. The predicted molar refractivity (Wildman–Crippen MR) is 111 cm³/mol. The number of carbonyl (C=O) groups is 1. The summed E-state index contributed by atoms with van der Waals surface area (Å²) in [7, 11) is 0. The molecule has 1 aromatic heterocycles. The number of hydrogen-bond acceptors (Lipinski definition) is 3. The van der Waals surface area contributed by atoms with E-state index in [1.807, 2.05) is 79.7 Å². The van der Waals surface area contributed by atoms with E-state index in [-0.39, 0.29) is 5.91 Å². The summed E-state index contributed by atoms with van der Waals surface area (Å²) in [6.07, 6.45) is 0. The van der Waals surface area contributed by atoms with E-state index in [0.29, 0.717) is 11.3 Å². The van der Waals surface area contributed by atoms with Crippen LogP contribution in [0.4, 0.5) is 5.69 Å². The van der Waals surface area contributed by atoms with Crippen molar-refractivity contribution in [3.05, 3.63) is 89.5 Å². The largest absolute Gasteiger partial charge is 0.333 e. The van der Waals surface area contributed by atoms with Crippen LogP contribution in [-0.4, -0.2) is 15.9 Å². The van der Waals surface area contributed by atoms with Gasteiger partial charge in [0.05, 0.1) is 11.0 Å². The fourth-order valence-electron chi connectivity index (χ4n) is 2.93. The number of rotatable bonds is 5. The molecule has 0 saturated heterocycles. The number of nitrogens with one attached hydrogen (secondary N) is 2. The van der Waals surface area contributed by atoms with Crippen LogP contribution in [0.1, 0.15) is 21.5 Å². The highest BCUT2D eigenvalue weighted by atomic mass is 32.2. The maximum absolute atomic E-state index is 12.8. The highest BCUT2D eigenvalue weighted by Gasteiger charge is 2.12. The zero-order valence-electron chi connectivity index (χ0n) is 14.9. The van der Waals surface area contributed by atoms with E-state index in [4.69, 9.17) is 0 Å². The Hall–Kier alpha value is -3.05. The quantitative estimate of drug-likeness (QED) is 0.460. The van der Waals surface area contributed by atoms with Gasteiger partial charge in [-0.25, -0.2) is 4.98 Å². The molecule has 0 aliphatic carbocycles. The molecule has 0 bridgehead atoms. The third kappa shape index (κ3) is 4.04. The fraction of sp³-hybridized carbons (Fsp3) is 0.0909. The van der Waals surface area contributed by atoms with Gasteiger partial charge in [0, 0.05) is 17.0 Å². The Morgan fingerprint density at radius 2 is 1.85 bits per heavy atom. The molecule has 0 fully saturated rings. The molecule has 27 heavy (non-hydrogen) atoms. The summed E-state index contributed by atoms with van der Waals surface area (Å²) in [4.78, 5) is 20.7. The van der Waals surface area contributed by atoms with Crippen LogP contribution >= 0.6 is 11.8 Å². The summed E-state index contributed by atoms with van der Waals surface area (Å²) in [6.45, 7) is 2.01. The highest BCUT2D eigenvalue weighted by Crippen LogP contribution is 2.25. The van der Waals surface area contributed by atoms with Gasteiger partial charge < -0.3 is 10.3 Å². The van der Waals surface area contributed by atoms with Crippen molar-refractivity contribution in [3.63, 3.8) is 0 Å². The van der Waals surface area contributed by atoms with Crippen LogP contribution in [0, 0.1) is 6.92 Å². The SMILES string of the molecule is Cc1cccc(NC(=O)c2ccccc2CSc2nc3ccccc3[nH]2)c1. The van der Waals surface area contributed by atoms with Crippen molar-refractivity contribution in [2.24, 2.45) is 0 Å². The lowest BCUT2D eigenvalue weighted by atomic mass is 10.1. The summed E-state index contributed by atoms with van der Waals surface area (Å²) in [5, 5.41) is 3.84. The van der Waals surface area contributed by atoms with Crippen LogP contribution in [0.5, 0.6) is 0 Å². The molecule has 0 aliphatic rings. The maximum Gasteiger partial charge on any atom is 0.255 e. The first-order valence-corrected chi connectivity index (χ1v) is 9.71. The van der Waals surface area contributed by atoms with Gasteiger partial charge in [-0.1, -0.05) is 54.2 Å². The molecule has 0 spiro atoms. The average molecular weight is 373 g/mol. The minimum atomic E-state index is -0.0959. The second kappa shape index (κ2) is 7.68. The number of carbonyl (C=O) groups excluding carboxylic acids is 1. The Kier molecular flexibility index (Phi) is 4.94. The number of imidazole rings is 1. The number of aromatic nitrogens is 2. The van der Waals surface area contributed by atoms with E-state index in [9.17, 15) is 4.79 Å². The minimum Gasteiger partial charge on any atom is -0.333 e. The first-order valence-electron chi connectivity index (χ1n) is 8.72. The normalized spacial score (nSPS) is 10.9. The maximum atomic E-state index is 12.8. The van der Waals surface area contributed by atoms with E-state index in [2.05, 4.69) is 15.3 Å². The van der Waals surface area contributed by atoms with Crippen molar-refractivity contribution in [3.8, 4) is 0 Å². The Morgan fingerprint density at radius 1 is 1.04 bits per heavy atom. The number of fused-ring (bicyclic) bond motifs is 1. The molecule has 134 valence electrons. The molecule has 4 nitrogen and oxygen atoms in total. The van der Waals surface area contributed by atoms with E-state index >= 15 is 0 Å². The van der Waals surface area contributed by atoms with Crippen LogP contribution in [-0.2, 0) is 5.75 Å². The molecule has 5 heteroatoms. The number of anilines is 1. The average Bonchev–Trinajstić information content (AvgIpc) is 3.09. The number of aromatic amines is 1. The summed E-state index contributed by atoms with van der Waals surface area (Å²) in [5.41, 5.74) is 5.55. The molecule has 3 aromatic carbocycles. The first kappa shape index (κ1) is 17.4. The van der Waals surface area contributed by atoms with Gasteiger partial charge in [-0.15, -0.1) is 0 Å². The number of amides is 1. The van der Waals surface area contributed by atoms with Gasteiger partial charge in [0.25, 0.3) is 5.91 Å². The second-order valence-electron chi connectivity index (χ2n) is 6.33. The Labute approximate surface area is 162 Å². The third-order valence-corrected chi connectivity index (χ3v) is 5.19. The summed E-state index contributed by atoms with van der Waals surface area (Å²) in [5.74, 6) is 0.568. The topological polar surface area (TPSA) is 57.8 Å². The van der Waals surface area contributed by atoms with Crippen molar-refractivity contribution in [1.29, 1.82) is 0 Å². The van der Waals surface area contributed by atoms with Crippen molar-refractivity contribution in [2.45, 2.75) is 17.8 Å². The molecule has 0 aliphatic heterocycles. The fourth-order valence-corrected chi connectivity index (χ4v) is 3.82. The Balaban J connectivity index is 1.51. The van der Waals surface area contributed by atoms with Crippen LogP contribution in [0.25, 0.3) is 11.0 Å². The predicted octanol–water partition coefficient (Wildman–Crippen LogP) is 5.42. The summed E-state index contributed by atoms with van der Waals surface area (Å²) < 4.78 is 0. The molecule has 4 aromatic rings. The van der Waals surface area contributed by atoms with Crippen molar-refractivity contribution in [1.82, 2.24) is 9.97 Å². The lowest BCUT2D eigenvalue weighted by Gasteiger charge is -2.10. The Morgan fingerprint density at radius 3 is 2.70 bits per heavy atom. The number of thioether (sulfide) groups is 1. The molecule has 1 amide bonds. The monoisotopic (exact) mass is 373 g/mol.